The Labute approximate surface area is 175 Å². The zero-order chi connectivity index (χ0) is 20.8. The van der Waals surface area contributed by atoms with Crippen LogP contribution >= 0.6 is 0 Å². The minimum absolute atomic E-state index is 0.000284. The molecule has 0 radical (unpaired) electrons. The Morgan fingerprint density at radius 1 is 1.10 bits per heavy atom. The highest BCUT2D eigenvalue weighted by atomic mass is 16.5. The van der Waals surface area contributed by atoms with Crippen molar-refractivity contribution in [3.8, 4) is 0 Å². The summed E-state index contributed by atoms with van der Waals surface area (Å²) in [4.78, 5) is 33.7. The summed E-state index contributed by atoms with van der Waals surface area (Å²) in [6, 6.07) is 15.6. The van der Waals surface area contributed by atoms with Crippen LogP contribution in [0.25, 0.3) is 10.9 Å². The van der Waals surface area contributed by atoms with E-state index in [2.05, 4.69) is 35.3 Å². The van der Waals surface area contributed by atoms with Crippen LogP contribution in [0.2, 0.25) is 0 Å². The van der Waals surface area contributed by atoms with Crippen LogP contribution < -0.4 is 0 Å². The number of aromatic amines is 1. The molecule has 1 saturated heterocycles. The van der Waals surface area contributed by atoms with Gasteiger partial charge in [0.1, 0.15) is 6.04 Å². The van der Waals surface area contributed by atoms with E-state index in [-0.39, 0.29) is 24.4 Å². The summed E-state index contributed by atoms with van der Waals surface area (Å²) < 4.78 is 5.14. The Bertz CT molecular complexity index is 1120. The number of ether oxygens (including phenoxy) is 1. The highest BCUT2D eigenvalue weighted by Gasteiger charge is 2.48. The van der Waals surface area contributed by atoms with Crippen molar-refractivity contribution in [1.82, 2.24) is 14.8 Å². The molecule has 0 bridgehead atoms. The average molecular weight is 403 g/mol. The van der Waals surface area contributed by atoms with Gasteiger partial charge in [-0.3, -0.25) is 9.59 Å². The molecular weight excluding hydrogens is 378 g/mol. The Morgan fingerprint density at radius 2 is 1.87 bits per heavy atom. The standard InChI is InChI=1S/C24H25N3O3/c1-15-7-9-16(10-8-15)23-22-18(17-5-3-4-6-19(17)25-22)13-20-24(29)26(11-12-30-2)14-21(28)27(20)23/h3-10,20,23,25H,11-14H2,1-2H3/t20-,23-/m0/s1. The molecule has 1 fully saturated rings. The molecule has 1 N–H and O–H groups in total. The molecule has 30 heavy (non-hydrogen) atoms. The number of piperazine rings is 1. The number of carbonyl (C=O) groups is 2. The average Bonchev–Trinajstić information content (AvgIpc) is 3.13. The Balaban J connectivity index is 1.66. The topological polar surface area (TPSA) is 65.6 Å². The van der Waals surface area contributed by atoms with E-state index in [0.717, 1.165) is 33.3 Å². The van der Waals surface area contributed by atoms with Gasteiger partial charge in [0.05, 0.1) is 19.2 Å². The van der Waals surface area contributed by atoms with E-state index in [0.29, 0.717) is 19.6 Å². The van der Waals surface area contributed by atoms with Crippen molar-refractivity contribution in [3.63, 3.8) is 0 Å². The highest BCUT2D eigenvalue weighted by molar-refractivity contribution is 5.97. The van der Waals surface area contributed by atoms with Gasteiger partial charge in [-0.05, 0) is 24.1 Å². The number of carbonyl (C=O) groups excluding carboxylic acids is 2. The first kappa shape index (κ1) is 18.9. The number of para-hydroxylation sites is 1. The molecule has 0 spiro atoms. The number of hydrogen-bond donors (Lipinski definition) is 1. The van der Waals surface area contributed by atoms with Crippen LogP contribution in [0.5, 0.6) is 0 Å². The van der Waals surface area contributed by atoms with Crippen molar-refractivity contribution in [2.45, 2.75) is 25.4 Å². The molecule has 2 aliphatic rings. The fraction of sp³-hybridized carbons (Fsp3) is 0.333. The number of amides is 2. The second-order valence-electron chi connectivity index (χ2n) is 8.15. The number of nitrogens with one attached hydrogen (secondary N) is 1. The van der Waals surface area contributed by atoms with Gasteiger partial charge in [-0.2, -0.15) is 0 Å². The zero-order valence-corrected chi connectivity index (χ0v) is 17.2. The number of methoxy groups -OCH3 is 1. The summed E-state index contributed by atoms with van der Waals surface area (Å²) >= 11 is 0. The second kappa shape index (κ2) is 7.29. The summed E-state index contributed by atoms with van der Waals surface area (Å²) in [5.74, 6) is -0.0229. The molecule has 6 heteroatoms. The van der Waals surface area contributed by atoms with E-state index < -0.39 is 6.04 Å². The Kier molecular flexibility index (Phi) is 4.59. The minimum Gasteiger partial charge on any atom is -0.383 e. The lowest BCUT2D eigenvalue weighted by Crippen LogP contribution is -2.63. The number of benzene rings is 2. The first-order valence-corrected chi connectivity index (χ1v) is 10.3. The molecule has 0 unspecified atom stereocenters. The molecule has 1 aromatic heterocycles. The highest BCUT2D eigenvalue weighted by Crippen LogP contribution is 2.42. The summed E-state index contributed by atoms with van der Waals surface area (Å²) in [5, 5.41) is 1.12. The molecule has 0 aliphatic carbocycles. The molecule has 6 nitrogen and oxygen atoms in total. The predicted molar refractivity (Wildman–Crippen MR) is 114 cm³/mol. The van der Waals surface area contributed by atoms with E-state index in [1.165, 1.54) is 0 Å². The van der Waals surface area contributed by atoms with Crippen molar-refractivity contribution in [1.29, 1.82) is 0 Å². The van der Waals surface area contributed by atoms with Crippen molar-refractivity contribution < 1.29 is 14.3 Å². The number of nitrogens with zero attached hydrogens (tertiary/aromatic N) is 2. The quantitative estimate of drug-likeness (QED) is 0.729. The molecule has 0 saturated carbocycles. The third-order valence-corrected chi connectivity index (χ3v) is 6.30. The van der Waals surface area contributed by atoms with Crippen LogP contribution in [0, 0.1) is 6.92 Å². The SMILES string of the molecule is COCCN1CC(=O)N2[C@@H](c3ccc(C)cc3)c3[nH]c4ccccc4c3C[C@H]2C1=O. The molecule has 2 atom stereocenters. The van der Waals surface area contributed by atoms with E-state index in [9.17, 15) is 9.59 Å². The van der Waals surface area contributed by atoms with Crippen LogP contribution in [0.15, 0.2) is 48.5 Å². The number of aryl methyl sites for hydroxylation is 1. The lowest BCUT2D eigenvalue weighted by atomic mass is 9.86. The third-order valence-electron chi connectivity index (χ3n) is 6.30. The van der Waals surface area contributed by atoms with E-state index >= 15 is 0 Å². The molecule has 3 heterocycles. The molecular formula is C24H25N3O3. The third kappa shape index (κ3) is 2.91. The van der Waals surface area contributed by atoms with Crippen LogP contribution in [-0.4, -0.2) is 59.4 Å². The number of rotatable bonds is 4. The fourth-order valence-electron chi connectivity index (χ4n) is 4.81. The summed E-state index contributed by atoms with van der Waals surface area (Å²) in [6.07, 6.45) is 0.524. The van der Waals surface area contributed by atoms with Crippen LogP contribution in [0.4, 0.5) is 0 Å². The van der Waals surface area contributed by atoms with Gasteiger partial charge in [-0.25, -0.2) is 0 Å². The van der Waals surface area contributed by atoms with Gasteiger partial charge in [0.25, 0.3) is 0 Å². The molecule has 154 valence electrons. The van der Waals surface area contributed by atoms with Crippen LogP contribution in [-0.2, 0) is 20.7 Å². The largest absolute Gasteiger partial charge is 0.383 e. The van der Waals surface area contributed by atoms with E-state index in [1.807, 2.05) is 25.1 Å². The smallest absolute Gasteiger partial charge is 0.246 e. The van der Waals surface area contributed by atoms with Gasteiger partial charge in [0, 0.05) is 36.7 Å². The summed E-state index contributed by atoms with van der Waals surface area (Å²) in [6.45, 7) is 2.99. The second-order valence-corrected chi connectivity index (χ2v) is 8.15. The molecule has 2 amide bonds. The van der Waals surface area contributed by atoms with Gasteiger partial charge in [0.2, 0.25) is 11.8 Å². The number of aromatic nitrogens is 1. The number of fused-ring (bicyclic) bond motifs is 4. The Hall–Kier alpha value is -3.12. The first-order chi connectivity index (χ1) is 14.6. The van der Waals surface area contributed by atoms with E-state index in [4.69, 9.17) is 4.74 Å². The zero-order valence-electron chi connectivity index (χ0n) is 17.2. The summed E-state index contributed by atoms with van der Waals surface area (Å²) in [5.41, 5.74) is 5.37. The van der Waals surface area contributed by atoms with Gasteiger partial charge in [-0.15, -0.1) is 0 Å². The van der Waals surface area contributed by atoms with Gasteiger partial charge < -0.3 is 19.5 Å². The molecule has 2 aliphatic heterocycles. The van der Waals surface area contributed by atoms with Crippen molar-refractivity contribution in [2.75, 3.05) is 26.8 Å². The van der Waals surface area contributed by atoms with Gasteiger partial charge in [0.15, 0.2) is 0 Å². The number of hydrogen-bond acceptors (Lipinski definition) is 3. The monoisotopic (exact) mass is 403 g/mol. The minimum atomic E-state index is -0.499. The van der Waals surface area contributed by atoms with Crippen molar-refractivity contribution >= 4 is 22.7 Å². The lowest BCUT2D eigenvalue weighted by Gasteiger charge is -2.47. The molecule has 5 rings (SSSR count). The summed E-state index contributed by atoms with van der Waals surface area (Å²) in [7, 11) is 1.61. The van der Waals surface area contributed by atoms with Crippen LogP contribution in [0.3, 0.4) is 0 Å². The van der Waals surface area contributed by atoms with E-state index in [1.54, 1.807) is 16.9 Å². The normalized spacial score (nSPS) is 21.1. The van der Waals surface area contributed by atoms with Crippen LogP contribution in [0.1, 0.15) is 28.4 Å². The fourth-order valence-corrected chi connectivity index (χ4v) is 4.81. The maximum atomic E-state index is 13.4. The van der Waals surface area contributed by atoms with Crippen molar-refractivity contribution in [3.05, 3.63) is 70.9 Å². The van der Waals surface area contributed by atoms with Crippen molar-refractivity contribution in [2.24, 2.45) is 0 Å². The molecule has 3 aromatic rings. The Morgan fingerprint density at radius 3 is 2.63 bits per heavy atom. The van der Waals surface area contributed by atoms with Gasteiger partial charge >= 0.3 is 0 Å². The van der Waals surface area contributed by atoms with Gasteiger partial charge in [-0.1, -0.05) is 48.0 Å². The maximum Gasteiger partial charge on any atom is 0.246 e. The number of H-pyrrole nitrogens is 1. The molecule has 2 aromatic carbocycles. The lowest BCUT2D eigenvalue weighted by molar-refractivity contribution is -0.159. The predicted octanol–water partition coefficient (Wildman–Crippen LogP) is 2.81. The maximum absolute atomic E-state index is 13.4. The first-order valence-electron chi connectivity index (χ1n) is 10.3.